The lowest BCUT2D eigenvalue weighted by molar-refractivity contribution is -0.137. The molecule has 12 aromatic rings. The van der Waals surface area contributed by atoms with Gasteiger partial charge in [0.05, 0.1) is 16.9 Å². The van der Waals surface area contributed by atoms with Gasteiger partial charge in [-0.1, -0.05) is 229 Å². The van der Waals surface area contributed by atoms with E-state index in [1.165, 1.54) is 99.3 Å². The first-order valence-electron chi connectivity index (χ1n) is 44.4. The average molecular weight is 1630 g/mol. The van der Waals surface area contributed by atoms with Crippen molar-refractivity contribution in [3.63, 3.8) is 0 Å². The van der Waals surface area contributed by atoms with E-state index in [-0.39, 0.29) is 73.4 Å². The van der Waals surface area contributed by atoms with Crippen LogP contribution in [-0.2, 0) is 60.3 Å². The van der Waals surface area contributed by atoms with Crippen molar-refractivity contribution in [2.75, 3.05) is 19.6 Å². The molecule has 0 saturated carbocycles. The van der Waals surface area contributed by atoms with Gasteiger partial charge in [-0.25, -0.2) is 4.39 Å². The van der Waals surface area contributed by atoms with Crippen LogP contribution in [0.1, 0.15) is 281 Å². The van der Waals surface area contributed by atoms with E-state index >= 15 is 17.6 Å². The molecular formula is C108H116B2F4N4S2. The van der Waals surface area contributed by atoms with E-state index < -0.39 is 11.7 Å². The van der Waals surface area contributed by atoms with Gasteiger partial charge in [-0.3, -0.25) is 0 Å². The third-order valence-electron chi connectivity index (χ3n) is 31.3. The normalized spacial score (nSPS) is 21.0. The van der Waals surface area contributed by atoms with Crippen LogP contribution in [0.3, 0.4) is 0 Å². The minimum Gasteiger partial charge on any atom is -0.311 e. The topological polar surface area (TPSA) is 13.0 Å². The monoisotopic (exact) mass is 1630 g/mol. The Labute approximate surface area is 719 Å². The van der Waals surface area contributed by atoms with Gasteiger partial charge >= 0.3 is 6.18 Å². The van der Waals surface area contributed by atoms with Crippen molar-refractivity contribution in [3.05, 3.63) is 247 Å². The molecule has 6 heterocycles. The van der Waals surface area contributed by atoms with E-state index in [0.717, 1.165) is 158 Å². The summed E-state index contributed by atoms with van der Waals surface area (Å²) < 4.78 is 73.3. The molecule has 614 valence electrons. The molecule has 12 heteroatoms. The summed E-state index contributed by atoms with van der Waals surface area (Å²) in [6, 6.07) is 60.1. The SMILES string of the molecule is Cc1ccc2sc3c(c2c1)N(c1ccc(C(C)(C)C)cc1C)c1cc(F)cc2c1B3c1ccc3c(c1N2c1ccc2c(c1)C(C)(C)CCC2(C)C)C(C)(C)CCC3(C)CCC1(C)CCC(C)(C)c2ccc(N3c4cc(C(F)(F)F)cc5c4B(c4ccc6c(c43)C(C)(C)CCC6(C)C)c3sc4ccccc4c3N5c3ccc(C(C)(C)C)cc3C)cc21. The molecule has 0 bridgehead atoms. The molecule has 0 N–H and O–H groups in total. The molecular weight excluding hydrogens is 1510 g/mol. The van der Waals surface area contributed by atoms with Crippen LogP contribution >= 0.6 is 22.7 Å². The fourth-order valence-electron chi connectivity index (χ4n) is 23.7. The van der Waals surface area contributed by atoms with Gasteiger partial charge in [-0.05, 0) is 307 Å². The summed E-state index contributed by atoms with van der Waals surface area (Å²) in [7, 11) is 0. The van der Waals surface area contributed by atoms with Crippen molar-refractivity contribution >= 4 is 156 Å². The number of alkyl halides is 3. The Bertz CT molecular complexity index is 6420. The molecule has 10 aromatic carbocycles. The number of benzene rings is 10. The lowest BCUT2D eigenvalue weighted by Crippen LogP contribution is -2.61. The number of hydrogen-bond donors (Lipinski definition) is 0. The van der Waals surface area contributed by atoms with Gasteiger partial charge in [-0.15, -0.1) is 22.7 Å². The molecule has 2 unspecified atom stereocenters. The standard InChI is InChI=1S/C108H116B2F4N4S2/c1-61-28-41-87-71(52-61)93-97(120-87)110-79-38-36-75-89(95(79)116(68-31-33-72-76(59-68)103(16,17)43-42-100(72,10)11)84-57-67(111)58-85(91(84)110)118(93)81-40-30-65(54-63(81)3)99(7,8)9)105(20,21)47-49-106(75,22)50-51-107(23)48-46-101(12,13)73-34-32-69(60-77(73)107)115-82-55-66(108(112,113)114)56-83-90(82)109(78-37-35-74-88(94(78)115)104(18,19)45-44-102(74,14)15)96-92(70-26-24-25-27-86(70)119-96)117(83)80-39-29-64(53-62(80)2)98(4,5)6/h24-41,52-60H,42-51H2,1-23H3. The van der Waals surface area contributed by atoms with E-state index in [9.17, 15) is 0 Å². The van der Waals surface area contributed by atoms with E-state index in [1.807, 2.05) is 23.5 Å². The first-order chi connectivity index (χ1) is 56.2. The highest BCUT2D eigenvalue weighted by molar-refractivity contribution is 7.34. The quantitative estimate of drug-likeness (QED) is 0.116. The Hall–Kier alpha value is -8.83. The fraction of sp³-hybridized carbons (Fsp3) is 0.407. The predicted molar refractivity (Wildman–Crippen MR) is 507 cm³/mol. The fourth-order valence-corrected chi connectivity index (χ4v) is 26.3. The molecule has 20 rings (SSSR count). The van der Waals surface area contributed by atoms with Crippen LogP contribution in [0.5, 0.6) is 0 Å². The number of rotatable bonds is 7. The Kier molecular flexibility index (Phi) is 17.2. The van der Waals surface area contributed by atoms with Gasteiger partial charge in [0.15, 0.2) is 0 Å². The zero-order valence-electron chi connectivity index (χ0n) is 74.9. The van der Waals surface area contributed by atoms with Gasteiger partial charge < -0.3 is 19.6 Å². The Balaban J connectivity index is 0.779. The molecule has 0 amide bonds. The molecule has 120 heavy (non-hydrogen) atoms. The highest BCUT2D eigenvalue weighted by atomic mass is 32.1. The number of thiophene rings is 2. The van der Waals surface area contributed by atoms with Gasteiger partial charge in [0, 0.05) is 86.6 Å². The highest BCUT2D eigenvalue weighted by Crippen LogP contribution is 2.62. The molecule has 4 aliphatic carbocycles. The van der Waals surface area contributed by atoms with Crippen molar-refractivity contribution in [2.24, 2.45) is 0 Å². The summed E-state index contributed by atoms with van der Waals surface area (Å²) in [5.74, 6) is -0.259. The zero-order chi connectivity index (χ0) is 84.9. The lowest BCUT2D eigenvalue weighted by atomic mass is 9.35. The van der Waals surface area contributed by atoms with Crippen LogP contribution in [0.2, 0.25) is 0 Å². The van der Waals surface area contributed by atoms with Gasteiger partial charge in [0.2, 0.25) is 0 Å². The third-order valence-corrected chi connectivity index (χ3v) is 33.7. The number of halogens is 4. The minimum absolute atomic E-state index is 0.0226. The molecule has 0 fully saturated rings. The third kappa shape index (κ3) is 11.7. The molecule has 0 radical (unpaired) electrons. The van der Waals surface area contributed by atoms with Crippen molar-refractivity contribution in [2.45, 2.75) is 284 Å². The van der Waals surface area contributed by atoms with E-state index in [4.69, 9.17) is 0 Å². The number of aryl methyl sites for hydroxylation is 3. The first-order valence-corrected chi connectivity index (χ1v) is 46.1. The Morgan fingerprint density at radius 3 is 1.28 bits per heavy atom. The maximum absolute atomic E-state index is 18.2. The van der Waals surface area contributed by atoms with Crippen molar-refractivity contribution < 1.29 is 17.6 Å². The number of nitrogens with zero attached hydrogens (tertiary/aromatic N) is 4. The van der Waals surface area contributed by atoms with Gasteiger partial charge in [0.1, 0.15) is 5.82 Å². The summed E-state index contributed by atoms with van der Waals surface area (Å²) in [4.78, 5) is 9.59. The molecule has 4 aliphatic heterocycles. The zero-order valence-corrected chi connectivity index (χ0v) is 76.6. The van der Waals surface area contributed by atoms with Crippen LogP contribution < -0.4 is 51.0 Å². The van der Waals surface area contributed by atoms with E-state index in [1.54, 1.807) is 11.3 Å². The minimum atomic E-state index is -4.68. The summed E-state index contributed by atoms with van der Waals surface area (Å²) in [6.07, 6.45) is 5.04. The Morgan fingerprint density at radius 1 is 0.350 bits per heavy atom. The van der Waals surface area contributed by atoms with Crippen molar-refractivity contribution in [1.82, 2.24) is 0 Å². The van der Waals surface area contributed by atoms with Crippen LogP contribution in [0, 0.1) is 26.6 Å². The summed E-state index contributed by atoms with van der Waals surface area (Å²) in [5.41, 5.74) is 29.4. The summed E-state index contributed by atoms with van der Waals surface area (Å²) in [5, 5.41) is 2.23. The molecule has 0 spiro atoms. The second-order valence-electron chi connectivity index (χ2n) is 44.4. The lowest BCUT2D eigenvalue weighted by Gasteiger charge is -2.51. The molecule has 2 atom stereocenters. The molecule has 4 nitrogen and oxygen atoms in total. The largest absolute Gasteiger partial charge is 0.416 e. The van der Waals surface area contributed by atoms with Crippen LogP contribution in [0.4, 0.5) is 85.8 Å². The molecule has 0 saturated heterocycles. The number of anilines is 12. The number of fused-ring (bicyclic) bond motifs is 18. The maximum Gasteiger partial charge on any atom is 0.416 e. The first kappa shape index (κ1) is 79.6. The van der Waals surface area contributed by atoms with E-state index in [0.29, 0.717) is 11.4 Å². The van der Waals surface area contributed by atoms with E-state index in [2.05, 4.69) is 318 Å². The Morgan fingerprint density at radius 2 is 0.758 bits per heavy atom. The van der Waals surface area contributed by atoms with Crippen molar-refractivity contribution in [1.29, 1.82) is 0 Å². The maximum atomic E-state index is 18.2. The van der Waals surface area contributed by atoms with Crippen LogP contribution in [0.25, 0.3) is 20.2 Å². The van der Waals surface area contributed by atoms with Crippen LogP contribution in [0.15, 0.2) is 164 Å². The van der Waals surface area contributed by atoms with Crippen molar-refractivity contribution in [3.8, 4) is 0 Å². The smallest absolute Gasteiger partial charge is 0.311 e. The summed E-state index contributed by atoms with van der Waals surface area (Å²) in [6.45, 7) is 53.6. The number of hydrogen-bond acceptors (Lipinski definition) is 6. The van der Waals surface area contributed by atoms with Gasteiger partial charge in [-0.2, -0.15) is 13.2 Å². The van der Waals surface area contributed by atoms with Gasteiger partial charge in [0.25, 0.3) is 13.4 Å². The second kappa shape index (κ2) is 25.9. The predicted octanol–water partition coefficient (Wildman–Crippen LogP) is 27.8. The summed E-state index contributed by atoms with van der Waals surface area (Å²) >= 11 is 3.71. The molecule has 8 aliphatic rings. The average Bonchev–Trinajstić information content (AvgIpc) is 1.21. The molecule has 2 aromatic heterocycles. The second-order valence-corrected chi connectivity index (χ2v) is 46.5. The van der Waals surface area contributed by atoms with Crippen LogP contribution in [-0.4, -0.2) is 13.4 Å². The highest BCUT2D eigenvalue weighted by Gasteiger charge is 2.55.